The van der Waals surface area contributed by atoms with E-state index in [1.807, 2.05) is 31.2 Å². The highest BCUT2D eigenvalue weighted by Gasteiger charge is 2.35. The van der Waals surface area contributed by atoms with Gasteiger partial charge in [-0.25, -0.2) is 4.98 Å². The molecular formula is C21H24N4O2. The first-order valence-electron chi connectivity index (χ1n) is 9.49. The summed E-state index contributed by atoms with van der Waals surface area (Å²) >= 11 is 0. The summed E-state index contributed by atoms with van der Waals surface area (Å²) in [6.07, 6.45) is 4.35. The molecule has 0 aliphatic carbocycles. The Bertz CT molecular complexity index is 844. The number of nitrogens with zero attached hydrogens (tertiary/aromatic N) is 3. The second kappa shape index (κ2) is 7.39. The van der Waals surface area contributed by atoms with E-state index < -0.39 is 0 Å². The fourth-order valence-electron chi connectivity index (χ4n) is 3.79. The number of anilines is 3. The van der Waals surface area contributed by atoms with Crippen molar-refractivity contribution in [3.8, 4) is 0 Å². The molecule has 0 saturated carbocycles. The molecule has 2 saturated heterocycles. The normalized spacial score (nSPS) is 19.6. The van der Waals surface area contributed by atoms with Gasteiger partial charge in [0.2, 0.25) is 11.8 Å². The Labute approximate surface area is 159 Å². The standard InChI is InChI=1S/C21H24N4O2/c1-15-5-4-10-22-20(15)23-21(27)16-13-19(26)25(14-16)18-8-6-17(7-9-18)24-11-2-3-12-24/h4-10,16H,2-3,11-14H2,1H3,(H,22,23,27). The molecule has 3 heterocycles. The number of rotatable bonds is 4. The molecule has 27 heavy (non-hydrogen) atoms. The van der Waals surface area contributed by atoms with Crippen LogP contribution in [-0.4, -0.2) is 36.4 Å². The molecule has 0 radical (unpaired) electrons. The Morgan fingerprint density at radius 1 is 1.11 bits per heavy atom. The first-order valence-corrected chi connectivity index (χ1v) is 9.49. The Kier molecular flexibility index (Phi) is 4.79. The molecule has 6 heteroatoms. The molecule has 4 rings (SSSR count). The second-order valence-corrected chi connectivity index (χ2v) is 7.27. The quantitative estimate of drug-likeness (QED) is 0.906. The van der Waals surface area contributed by atoms with E-state index in [9.17, 15) is 9.59 Å². The molecule has 1 aromatic heterocycles. The van der Waals surface area contributed by atoms with E-state index in [0.29, 0.717) is 12.4 Å². The summed E-state index contributed by atoms with van der Waals surface area (Å²) in [6.45, 7) is 4.49. The summed E-state index contributed by atoms with van der Waals surface area (Å²) in [7, 11) is 0. The van der Waals surface area contributed by atoms with Gasteiger partial charge in [-0.15, -0.1) is 0 Å². The lowest BCUT2D eigenvalue weighted by molar-refractivity contribution is -0.122. The molecule has 1 N–H and O–H groups in total. The summed E-state index contributed by atoms with van der Waals surface area (Å²) < 4.78 is 0. The lowest BCUT2D eigenvalue weighted by atomic mass is 10.1. The number of hydrogen-bond donors (Lipinski definition) is 1. The van der Waals surface area contributed by atoms with Crippen molar-refractivity contribution >= 4 is 29.0 Å². The van der Waals surface area contributed by atoms with E-state index in [1.54, 1.807) is 11.1 Å². The highest BCUT2D eigenvalue weighted by atomic mass is 16.2. The minimum atomic E-state index is -0.364. The zero-order valence-corrected chi connectivity index (χ0v) is 15.5. The van der Waals surface area contributed by atoms with E-state index in [0.717, 1.165) is 24.3 Å². The summed E-state index contributed by atoms with van der Waals surface area (Å²) in [5, 5.41) is 2.86. The van der Waals surface area contributed by atoms with Crippen molar-refractivity contribution in [3.63, 3.8) is 0 Å². The fraction of sp³-hybridized carbons (Fsp3) is 0.381. The molecule has 2 fully saturated rings. The van der Waals surface area contributed by atoms with Crippen molar-refractivity contribution in [1.82, 2.24) is 4.98 Å². The third-order valence-corrected chi connectivity index (χ3v) is 5.38. The highest BCUT2D eigenvalue weighted by Crippen LogP contribution is 2.29. The van der Waals surface area contributed by atoms with Crippen LogP contribution in [0.1, 0.15) is 24.8 Å². The first kappa shape index (κ1) is 17.5. The molecule has 1 unspecified atom stereocenters. The molecule has 6 nitrogen and oxygen atoms in total. The van der Waals surface area contributed by atoms with Crippen LogP contribution in [0, 0.1) is 12.8 Å². The Balaban J connectivity index is 1.42. The van der Waals surface area contributed by atoms with Crippen molar-refractivity contribution in [2.24, 2.45) is 5.92 Å². The van der Waals surface area contributed by atoms with Crippen molar-refractivity contribution in [2.75, 3.05) is 34.8 Å². The van der Waals surface area contributed by atoms with Gasteiger partial charge >= 0.3 is 0 Å². The Morgan fingerprint density at radius 3 is 2.52 bits per heavy atom. The van der Waals surface area contributed by atoms with E-state index >= 15 is 0 Å². The topological polar surface area (TPSA) is 65.5 Å². The monoisotopic (exact) mass is 364 g/mol. The minimum Gasteiger partial charge on any atom is -0.372 e. The van der Waals surface area contributed by atoms with Crippen molar-refractivity contribution < 1.29 is 9.59 Å². The van der Waals surface area contributed by atoms with E-state index in [-0.39, 0.29) is 24.2 Å². The van der Waals surface area contributed by atoms with E-state index in [4.69, 9.17) is 0 Å². The fourth-order valence-corrected chi connectivity index (χ4v) is 3.79. The van der Waals surface area contributed by atoms with Crippen LogP contribution >= 0.6 is 0 Å². The number of amides is 2. The lowest BCUT2D eigenvalue weighted by Crippen LogP contribution is -2.28. The predicted octanol–water partition coefficient (Wildman–Crippen LogP) is 2.98. The summed E-state index contributed by atoms with van der Waals surface area (Å²) in [5.41, 5.74) is 2.96. The van der Waals surface area contributed by atoms with Crippen LogP contribution in [-0.2, 0) is 9.59 Å². The maximum atomic E-state index is 12.6. The van der Waals surface area contributed by atoms with Gasteiger partial charge in [0.25, 0.3) is 0 Å². The number of benzene rings is 1. The number of pyridine rings is 1. The van der Waals surface area contributed by atoms with Gasteiger partial charge in [-0.2, -0.15) is 0 Å². The van der Waals surface area contributed by atoms with Crippen molar-refractivity contribution in [3.05, 3.63) is 48.2 Å². The smallest absolute Gasteiger partial charge is 0.230 e. The van der Waals surface area contributed by atoms with Crippen LogP contribution in [0.3, 0.4) is 0 Å². The summed E-state index contributed by atoms with van der Waals surface area (Å²) in [5.74, 6) is 0.0312. The molecule has 1 aromatic carbocycles. The summed E-state index contributed by atoms with van der Waals surface area (Å²) in [4.78, 5) is 33.3. The van der Waals surface area contributed by atoms with E-state index in [2.05, 4.69) is 27.3 Å². The molecule has 2 aliphatic rings. The van der Waals surface area contributed by atoms with Crippen LogP contribution in [0.25, 0.3) is 0 Å². The maximum Gasteiger partial charge on any atom is 0.230 e. The van der Waals surface area contributed by atoms with Crippen LogP contribution < -0.4 is 15.1 Å². The average molecular weight is 364 g/mol. The van der Waals surface area contributed by atoms with Gasteiger partial charge in [0, 0.05) is 43.6 Å². The van der Waals surface area contributed by atoms with Gasteiger partial charge in [0.1, 0.15) is 5.82 Å². The molecule has 0 bridgehead atoms. The highest BCUT2D eigenvalue weighted by molar-refractivity contribution is 6.03. The van der Waals surface area contributed by atoms with Gasteiger partial charge in [-0.05, 0) is 55.7 Å². The second-order valence-electron chi connectivity index (χ2n) is 7.27. The number of nitrogens with one attached hydrogen (secondary N) is 1. The molecule has 2 amide bonds. The number of carbonyl (C=O) groups is 2. The Hall–Kier alpha value is -2.89. The number of aryl methyl sites for hydroxylation is 1. The number of carbonyl (C=O) groups excluding carboxylic acids is 2. The molecule has 2 aromatic rings. The lowest BCUT2D eigenvalue weighted by Gasteiger charge is -2.20. The summed E-state index contributed by atoms with van der Waals surface area (Å²) in [6, 6.07) is 11.8. The van der Waals surface area contributed by atoms with Crippen LogP contribution in [0.5, 0.6) is 0 Å². The third kappa shape index (κ3) is 3.65. The van der Waals surface area contributed by atoms with Gasteiger partial charge < -0.3 is 15.1 Å². The largest absolute Gasteiger partial charge is 0.372 e. The first-order chi connectivity index (χ1) is 13.1. The zero-order valence-electron chi connectivity index (χ0n) is 15.5. The molecular weight excluding hydrogens is 340 g/mol. The van der Waals surface area contributed by atoms with Crippen LogP contribution in [0.2, 0.25) is 0 Å². The number of aromatic nitrogens is 1. The third-order valence-electron chi connectivity index (χ3n) is 5.38. The van der Waals surface area contributed by atoms with Crippen molar-refractivity contribution in [2.45, 2.75) is 26.2 Å². The average Bonchev–Trinajstić information content (AvgIpc) is 3.34. The maximum absolute atomic E-state index is 12.6. The molecule has 140 valence electrons. The zero-order chi connectivity index (χ0) is 18.8. The van der Waals surface area contributed by atoms with Crippen LogP contribution in [0.4, 0.5) is 17.2 Å². The minimum absolute atomic E-state index is 0.0122. The van der Waals surface area contributed by atoms with Crippen LogP contribution in [0.15, 0.2) is 42.6 Å². The Morgan fingerprint density at radius 2 is 1.81 bits per heavy atom. The van der Waals surface area contributed by atoms with Gasteiger partial charge in [0.15, 0.2) is 0 Å². The molecule has 1 atom stereocenters. The molecule has 0 spiro atoms. The van der Waals surface area contributed by atoms with Gasteiger partial charge in [-0.1, -0.05) is 6.07 Å². The van der Waals surface area contributed by atoms with Gasteiger partial charge in [0.05, 0.1) is 5.92 Å². The van der Waals surface area contributed by atoms with Crippen molar-refractivity contribution in [1.29, 1.82) is 0 Å². The molecule has 2 aliphatic heterocycles. The predicted molar refractivity (Wildman–Crippen MR) is 106 cm³/mol. The number of hydrogen-bond acceptors (Lipinski definition) is 4. The van der Waals surface area contributed by atoms with Gasteiger partial charge in [-0.3, -0.25) is 9.59 Å². The SMILES string of the molecule is Cc1cccnc1NC(=O)C1CC(=O)N(c2ccc(N3CCCC3)cc2)C1. The van der Waals surface area contributed by atoms with E-state index in [1.165, 1.54) is 18.5 Å².